The fraction of sp³-hybridized carbons (Fsp3) is 0.474. The van der Waals surface area contributed by atoms with Gasteiger partial charge in [0, 0.05) is 38.8 Å². The van der Waals surface area contributed by atoms with Crippen LogP contribution in [0.4, 0.5) is 5.69 Å². The Morgan fingerprint density at radius 3 is 2.48 bits per heavy atom. The number of benzene rings is 1. The lowest BCUT2D eigenvalue weighted by Crippen LogP contribution is -2.39. The number of carbonyl (C=O) groups excluding carboxylic acids is 1. The number of ether oxygens (including phenoxy) is 1. The molecule has 1 saturated heterocycles. The lowest BCUT2D eigenvalue weighted by Gasteiger charge is -2.26. The Bertz CT molecular complexity index is 799. The summed E-state index contributed by atoms with van der Waals surface area (Å²) in [4.78, 5) is 20.8. The Hall–Kier alpha value is -1.76. The smallest absolute Gasteiger partial charge is 0.190 e. The topological polar surface area (TPSA) is 46.8 Å². The lowest BCUT2D eigenvalue weighted by atomic mass is 10.2. The molecule has 2 aromatic rings. The molecule has 0 atom stereocenters. The van der Waals surface area contributed by atoms with Gasteiger partial charge in [0.1, 0.15) is 0 Å². The lowest BCUT2D eigenvalue weighted by molar-refractivity contribution is 0.0362. The van der Waals surface area contributed by atoms with Crippen molar-refractivity contribution in [2.75, 3.05) is 32.8 Å². The zero-order valence-electron chi connectivity index (χ0n) is 15.1. The summed E-state index contributed by atoms with van der Waals surface area (Å²) in [6.07, 6.45) is 0. The number of rotatable bonds is 5. The van der Waals surface area contributed by atoms with Gasteiger partial charge < -0.3 is 9.30 Å². The average Bonchev–Trinajstić information content (AvgIpc) is 2.92. The van der Waals surface area contributed by atoms with Crippen LogP contribution in [0.2, 0.25) is 0 Å². The molecule has 1 fully saturated rings. The third-order valence-corrected chi connectivity index (χ3v) is 5.76. The molecule has 134 valence electrons. The van der Waals surface area contributed by atoms with E-state index < -0.39 is 0 Å². The summed E-state index contributed by atoms with van der Waals surface area (Å²) < 4.78 is 7.59. The van der Waals surface area contributed by atoms with Crippen molar-refractivity contribution in [3.05, 3.63) is 45.2 Å². The molecule has 0 bridgehead atoms. The highest BCUT2D eigenvalue weighted by Gasteiger charge is 2.15. The first kappa shape index (κ1) is 18.0. The highest BCUT2D eigenvalue weighted by Crippen LogP contribution is 2.16. The molecule has 1 aromatic carbocycles. The molecule has 0 spiro atoms. The second kappa shape index (κ2) is 8.08. The van der Waals surface area contributed by atoms with Gasteiger partial charge in [-0.2, -0.15) is 0 Å². The van der Waals surface area contributed by atoms with Gasteiger partial charge in [0.15, 0.2) is 10.6 Å². The van der Waals surface area contributed by atoms with E-state index in [1.807, 2.05) is 19.1 Å². The number of hydrogen-bond acceptors (Lipinski definition) is 5. The molecule has 25 heavy (non-hydrogen) atoms. The van der Waals surface area contributed by atoms with E-state index in [-0.39, 0.29) is 5.78 Å². The number of ketones is 1. The van der Waals surface area contributed by atoms with Crippen LogP contribution in [0.3, 0.4) is 0 Å². The second-order valence-electron chi connectivity index (χ2n) is 6.41. The minimum Gasteiger partial charge on any atom is -0.379 e. The molecule has 1 aliphatic heterocycles. The summed E-state index contributed by atoms with van der Waals surface area (Å²) in [7, 11) is 0. The third-order valence-electron chi connectivity index (χ3n) is 4.48. The first-order valence-corrected chi connectivity index (χ1v) is 9.49. The predicted molar refractivity (Wildman–Crippen MR) is 101 cm³/mol. The van der Waals surface area contributed by atoms with Gasteiger partial charge in [0.05, 0.1) is 23.8 Å². The van der Waals surface area contributed by atoms with Gasteiger partial charge in [-0.05, 0) is 26.0 Å². The summed E-state index contributed by atoms with van der Waals surface area (Å²) in [5.41, 5.74) is 3.14. The molecule has 0 N–H and O–H groups in total. The Kier molecular flexibility index (Phi) is 5.83. The van der Waals surface area contributed by atoms with E-state index in [1.165, 1.54) is 16.9 Å². The van der Waals surface area contributed by atoms with Crippen molar-refractivity contribution < 1.29 is 9.53 Å². The monoisotopic (exact) mass is 359 g/mol. The van der Waals surface area contributed by atoms with E-state index in [0.29, 0.717) is 0 Å². The van der Waals surface area contributed by atoms with Crippen LogP contribution in [-0.2, 0) is 11.3 Å². The second-order valence-corrected chi connectivity index (χ2v) is 7.39. The van der Waals surface area contributed by atoms with E-state index in [0.717, 1.165) is 60.5 Å². The number of thiazole rings is 1. The van der Waals surface area contributed by atoms with Gasteiger partial charge in [-0.15, -0.1) is 0 Å². The fourth-order valence-electron chi connectivity index (χ4n) is 2.96. The predicted octanol–water partition coefficient (Wildman–Crippen LogP) is 2.93. The van der Waals surface area contributed by atoms with Crippen LogP contribution >= 0.6 is 11.3 Å². The molecule has 1 aliphatic rings. The molecule has 0 amide bonds. The molecule has 6 heteroatoms. The highest BCUT2D eigenvalue weighted by molar-refractivity contribution is 7.11. The van der Waals surface area contributed by atoms with Gasteiger partial charge in [-0.25, -0.2) is 4.99 Å². The maximum atomic E-state index is 12.0. The Morgan fingerprint density at radius 2 is 1.84 bits per heavy atom. The molecule has 0 saturated carbocycles. The van der Waals surface area contributed by atoms with Crippen LogP contribution in [0.5, 0.6) is 0 Å². The summed E-state index contributed by atoms with van der Waals surface area (Å²) in [6.45, 7) is 11.0. The summed E-state index contributed by atoms with van der Waals surface area (Å²) in [5, 5.41) is 0. The van der Waals surface area contributed by atoms with Crippen LogP contribution in [0.25, 0.3) is 0 Å². The first-order valence-electron chi connectivity index (χ1n) is 8.67. The number of hydrogen-bond donors (Lipinski definition) is 0. The number of nitrogens with zero attached hydrogens (tertiary/aromatic N) is 3. The summed E-state index contributed by atoms with van der Waals surface area (Å²) in [5.74, 6) is 0.105. The van der Waals surface area contributed by atoms with Crippen molar-refractivity contribution in [1.29, 1.82) is 0 Å². The zero-order chi connectivity index (χ0) is 17.8. The number of carbonyl (C=O) groups is 1. The molecule has 5 nitrogen and oxygen atoms in total. The Morgan fingerprint density at radius 1 is 1.16 bits per heavy atom. The van der Waals surface area contributed by atoms with Crippen molar-refractivity contribution in [3.63, 3.8) is 0 Å². The van der Waals surface area contributed by atoms with Crippen molar-refractivity contribution in [2.24, 2.45) is 4.99 Å². The van der Waals surface area contributed by atoms with Gasteiger partial charge in [0.2, 0.25) is 0 Å². The molecule has 0 radical (unpaired) electrons. The van der Waals surface area contributed by atoms with Crippen molar-refractivity contribution in [1.82, 2.24) is 9.47 Å². The largest absolute Gasteiger partial charge is 0.379 e. The highest BCUT2D eigenvalue weighted by atomic mass is 32.1. The Labute approximate surface area is 152 Å². The minimum atomic E-state index is 0.105. The van der Waals surface area contributed by atoms with E-state index in [9.17, 15) is 4.79 Å². The van der Waals surface area contributed by atoms with Crippen LogP contribution in [-0.4, -0.2) is 48.1 Å². The average molecular weight is 359 g/mol. The molecule has 0 unspecified atom stereocenters. The standard InChI is InChI=1S/C19H25N3O2S/c1-14-4-6-17(7-5-14)20-19-22(15(2)18(25-19)16(3)23)9-8-21-10-12-24-13-11-21/h4-7H,8-13H2,1-3H3. The van der Waals surface area contributed by atoms with Gasteiger partial charge in [0.25, 0.3) is 0 Å². The minimum absolute atomic E-state index is 0.105. The van der Waals surface area contributed by atoms with Crippen molar-refractivity contribution in [3.8, 4) is 0 Å². The molecule has 0 aliphatic carbocycles. The van der Waals surface area contributed by atoms with Crippen LogP contribution < -0.4 is 4.80 Å². The molecule has 1 aromatic heterocycles. The SMILES string of the molecule is CC(=O)c1sc(=Nc2ccc(C)cc2)n(CCN2CCOCC2)c1C. The quantitative estimate of drug-likeness (QED) is 0.771. The van der Waals surface area contributed by atoms with Crippen molar-refractivity contribution in [2.45, 2.75) is 27.3 Å². The first-order chi connectivity index (χ1) is 12.0. The summed E-state index contributed by atoms with van der Waals surface area (Å²) in [6, 6.07) is 8.15. The molecular weight excluding hydrogens is 334 g/mol. The zero-order valence-corrected chi connectivity index (χ0v) is 15.9. The van der Waals surface area contributed by atoms with Crippen LogP contribution in [0.1, 0.15) is 27.9 Å². The van der Waals surface area contributed by atoms with E-state index >= 15 is 0 Å². The van der Waals surface area contributed by atoms with Crippen LogP contribution in [0.15, 0.2) is 29.3 Å². The van der Waals surface area contributed by atoms with Crippen molar-refractivity contribution >= 4 is 22.8 Å². The van der Waals surface area contributed by atoms with E-state index in [1.54, 1.807) is 6.92 Å². The van der Waals surface area contributed by atoms with Gasteiger partial charge >= 0.3 is 0 Å². The molecular formula is C19H25N3O2S. The fourth-order valence-corrected chi connectivity index (χ4v) is 4.03. The van der Waals surface area contributed by atoms with Gasteiger partial charge in [-0.1, -0.05) is 29.0 Å². The molecule has 3 rings (SSSR count). The number of aromatic nitrogens is 1. The molecule has 2 heterocycles. The number of morpholine rings is 1. The number of Topliss-reactive ketones (excluding diaryl/α,β-unsaturated/α-hetero) is 1. The number of aryl methyl sites for hydroxylation is 1. The third kappa shape index (κ3) is 4.45. The maximum Gasteiger partial charge on any atom is 0.190 e. The summed E-state index contributed by atoms with van der Waals surface area (Å²) >= 11 is 1.48. The van der Waals surface area contributed by atoms with Gasteiger partial charge in [-0.3, -0.25) is 9.69 Å². The normalized spacial score (nSPS) is 16.4. The maximum absolute atomic E-state index is 12.0. The van der Waals surface area contributed by atoms with E-state index in [4.69, 9.17) is 9.73 Å². The van der Waals surface area contributed by atoms with E-state index in [2.05, 4.69) is 28.5 Å². The van der Waals surface area contributed by atoms with Crippen LogP contribution in [0, 0.1) is 13.8 Å². The Balaban J connectivity index is 1.91.